The van der Waals surface area contributed by atoms with Gasteiger partial charge in [-0.3, -0.25) is 33.7 Å². The molecular weight excluding hydrogens is 949 g/mol. The number of piperidine rings is 3. The molecule has 3 aromatic carbocycles. The first-order valence-electron chi connectivity index (χ1n) is 26.0. The Balaban J connectivity index is 0.715. The third-order valence-corrected chi connectivity index (χ3v) is 15.7. The topological polar surface area (TPSA) is 169 Å². The third kappa shape index (κ3) is 12.1. The van der Waals surface area contributed by atoms with E-state index in [-0.39, 0.29) is 91.3 Å². The van der Waals surface area contributed by atoms with Crippen LogP contribution in [0.25, 0.3) is 10.8 Å². The van der Waals surface area contributed by atoms with Crippen LogP contribution < -0.4 is 10.9 Å². The van der Waals surface area contributed by atoms with Crippen LogP contribution in [-0.2, 0) is 25.5 Å². The minimum atomic E-state index is -3.15. The molecular formula is C54H64F4N8O7. The van der Waals surface area contributed by atoms with Gasteiger partial charge in [-0.2, -0.15) is 13.9 Å². The number of fused-ring (bicyclic) bond motifs is 1. The van der Waals surface area contributed by atoms with E-state index < -0.39 is 47.7 Å². The number of hydrogen-bond donors (Lipinski definition) is 2. The molecule has 0 spiro atoms. The molecule has 2 unspecified atom stereocenters. The first-order chi connectivity index (χ1) is 35.3. The molecule has 5 aliphatic rings. The monoisotopic (exact) mass is 1010 g/mol. The number of ether oxygens (including phenoxy) is 1. The fraction of sp³-hybridized carbons (Fsp3) is 0.537. The first kappa shape index (κ1) is 51.7. The molecule has 19 heteroatoms. The lowest BCUT2D eigenvalue weighted by Crippen LogP contribution is -2.55. The second-order valence-corrected chi connectivity index (χ2v) is 20.3. The summed E-state index contributed by atoms with van der Waals surface area (Å²) < 4.78 is 64.2. The largest absolute Gasteiger partial charge is 0.375 e. The van der Waals surface area contributed by atoms with Gasteiger partial charge in [0.2, 0.25) is 11.8 Å². The highest BCUT2D eigenvalue weighted by atomic mass is 19.3. The molecule has 0 radical (unpaired) electrons. The van der Waals surface area contributed by atoms with E-state index >= 15 is 8.78 Å². The fourth-order valence-electron chi connectivity index (χ4n) is 11.5. The number of hydrogen-bond acceptors (Lipinski definition) is 9. The number of nitrogens with zero attached hydrogens (tertiary/aromatic N) is 6. The van der Waals surface area contributed by atoms with E-state index in [0.29, 0.717) is 87.0 Å². The lowest BCUT2D eigenvalue weighted by molar-refractivity contribution is -0.144. The minimum absolute atomic E-state index is 0.000744. The van der Waals surface area contributed by atoms with E-state index in [2.05, 4.69) is 20.4 Å². The highest BCUT2D eigenvalue weighted by Gasteiger charge is 2.38. The lowest BCUT2D eigenvalue weighted by Gasteiger charge is -2.40. The maximum Gasteiger partial charge on any atom is 0.315 e. The number of H-pyrrole nitrogens is 1. The van der Waals surface area contributed by atoms with Crippen LogP contribution in [-0.4, -0.2) is 161 Å². The van der Waals surface area contributed by atoms with Crippen molar-refractivity contribution < 1.29 is 46.3 Å². The summed E-state index contributed by atoms with van der Waals surface area (Å²) in [5.41, 5.74) is 0.891. The van der Waals surface area contributed by atoms with Gasteiger partial charge >= 0.3 is 6.43 Å². The van der Waals surface area contributed by atoms with Crippen molar-refractivity contribution in [1.82, 2.24) is 40.0 Å². The Bertz CT molecular complexity index is 2710. The zero-order valence-electron chi connectivity index (χ0n) is 41.1. The van der Waals surface area contributed by atoms with Gasteiger partial charge in [-0.15, -0.1) is 0 Å². The van der Waals surface area contributed by atoms with Gasteiger partial charge in [-0.25, -0.2) is 13.9 Å². The van der Waals surface area contributed by atoms with Crippen LogP contribution >= 0.6 is 0 Å². The van der Waals surface area contributed by atoms with Gasteiger partial charge < -0.3 is 29.7 Å². The van der Waals surface area contributed by atoms with Gasteiger partial charge in [0, 0.05) is 83.2 Å². The molecule has 5 heterocycles. The summed E-state index contributed by atoms with van der Waals surface area (Å²) in [4.78, 5) is 87.7. The van der Waals surface area contributed by atoms with Crippen LogP contribution in [0.1, 0.15) is 114 Å². The van der Waals surface area contributed by atoms with Crippen molar-refractivity contribution in [2.24, 2.45) is 5.92 Å². The van der Waals surface area contributed by atoms with Crippen molar-refractivity contribution in [1.29, 1.82) is 0 Å². The Morgan fingerprint density at radius 2 is 1.37 bits per heavy atom. The third-order valence-electron chi connectivity index (χ3n) is 15.7. The van der Waals surface area contributed by atoms with E-state index in [4.69, 9.17) is 4.74 Å². The number of carbonyl (C=O) groups excluding carboxylic acids is 5. The van der Waals surface area contributed by atoms with Crippen molar-refractivity contribution >= 4 is 40.3 Å². The fourth-order valence-corrected chi connectivity index (χ4v) is 11.5. The quantitative estimate of drug-likeness (QED) is 0.155. The summed E-state index contributed by atoms with van der Waals surface area (Å²) in [5, 5.41) is 10.8. The van der Waals surface area contributed by atoms with Crippen LogP contribution in [0.15, 0.2) is 65.5 Å². The number of halogens is 4. The smallest absolute Gasteiger partial charge is 0.315 e. The summed E-state index contributed by atoms with van der Waals surface area (Å²) in [5.74, 6) is -4.71. The number of carbonyl (C=O) groups is 5. The molecule has 2 N–H and O–H groups in total. The van der Waals surface area contributed by atoms with Gasteiger partial charge in [0.15, 0.2) is 0 Å². The van der Waals surface area contributed by atoms with Gasteiger partial charge in [-0.1, -0.05) is 55.7 Å². The number of likely N-dealkylation sites (tertiary alicyclic amines) is 3. The number of piperazine rings is 1. The maximum absolute atomic E-state index is 16.1. The van der Waals surface area contributed by atoms with E-state index in [0.717, 1.165) is 49.8 Å². The van der Waals surface area contributed by atoms with Gasteiger partial charge in [-0.05, 0) is 92.7 Å². The molecule has 5 fully saturated rings. The molecule has 2 atom stereocenters. The molecule has 73 heavy (non-hydrogen) atoms. The lowest BCUT2D eigenvalue weighted by atomic mass is 9.83. The summed E-state index contributed by atoms with van der Waals surface area (Å²) >= 11 is 0. The minimum Gasteiger partial charge on any atom is -0.375 e. The van der Waals surface area contributed by atoms with Gasteiger partial charge in [0.25, 0.3) is 23.3 Å². The number of nitrogens with one attached hydrogen (secondary N) is 2. The second kappa shape index (κ2) is 23.3. The van der Waals surface area contributed by atoms with Crippen molar-refractivity contribution in [2.45, 2.75) is 108 Å². The number of rotatable bonds is 13. The van der Waals surface area contributed by atoms with Crippen LogP contribution in [0, 0.1) is 17.6 Å². The predicted molar refractivity (Wildman–Crippen MR) is 263 cm³/mol. The number of aromatic amines is 1. The number of alkyl halides is 2. The van der Waals surface area contributed by atoms with E-state index in [9.17, 15) is 37.5 Å². The summed E-state index contributed by atoms with van der Waals surface area (Å²) in [6.45, 7) is 3.80. The van der Waals surface area contributed by atoms with Crippen molar-refractivity contribution in [3.05, 3.63) is 111 Å². The van der Waals surface area contributed by atoms with Crippen LogP contribution in [0.4, 0.5) is 17.6 Å². The molecule has 1 saturated carbocycles. The Morgan fingerprint density at radius 3 is 2.08 bits per heavy atom. The summed E-state index contributed by atoms with van der Waals surface area (Å²) in [6.07, 6.45) is 5.12. The average Bonchev–Trinajstić information content (AvgIpc) is 3.42. The highest BCUT2D eigenvalue weighted by Crippen LogP contribution is 2.33. The van der Waals surface area contributed by atoms with E-state index in [1.807, 2.05) is 6.07 Å². The Hall–Kier alpha value is -6.21. The molecule has 4 aromatic rings. The summed E-state index contributed by atoms with van der Waals surface area (Å²) in [7, 11) is 0. The van der Waals surface area contributed by atoms with Crippen LogP contribution in [0.3, 0.4) is 0 Å². The standard InChI is InChI=1S/C54H64F4N8O7/c55-44-16-15-34(31-45-40-11-4-5-12-41(40)51(69)61-60-45)30-43(44)52(70)65-28-26-63(27-29-65)46(67)33-62-22-17-37(18-23-62)73-38-19-24-64(25-20-38)53(71)48(35-8-2-1-3-9-35)59-50(68)42-14-6-13-39(47(42)56)36-10-7-21-66(32-36)54(72)49(57)58/h4-6,11-16,30,35-38,48-49H,1-3,7-10,17-29,31-33H2,(H,59,68)(H,61,69). The summed E-state index contributed by atoms with van der Waals surface area (Å²) in [6, 6.07) is 15.1. The van der Waals surface area contributed by atoms with Gasteiger partial charge in [0.1, 0.15) is 17.7 Å². The number of amides is 5. The molecule has 9 rings (SSSR count). The van der Waals surface area contributed by atoms with Crippen molar-refractivity contribution in [2.75, 3.05) is 72.0 Å². The SMILES string of the molecule is O=C(NC(C(=O)N1CCC(OC2CCN(CC(=O)N3CCN(C(=O)c4cc(Cc5n[nH]c(=O)c6ccccc56)ccc4F)CC3)CC2)CC1)C1CCCCC1)c1cccc(C2CCCN(C(=O)C(F)F)C2)c1F. The molecule has 15 nitrogen and oxygen atoms in total. The molecule has 4 saturated heterocycles. The normalized spacial score (nSPS) is 20.4. The molecule has 5 amide bonds. The average molecular weight is 1010 g/mol. The van der Waals surface area contributed by atoms with E-state index in [1.165, 1.54) is 24.3 Å². The first-order valence-corrected chi connectivity index (χ1v) is 26.0. The zero-order chi connectivity index (χ0) is 51.2. The van der Waals surface area contributed by atoms with Crippen molar-refractivity contribution in [3.63, 3.8) is 0 Å². The van der Waals surface area contributed by atoms with Gasteiger partial charge in [0.05, 0.1) is 41.0 Å². The van der Waals surface area contributed by atoms with Crippen LogP contribution in [0.5, 0.6) is 0 Å². The Morgan fingerprint density at radius 1 is 0.685 bits per heavy atom. The second-order valence-electron chi connectivity index (χ2n) is 20.3. The maximum atomic E-state index is 16.1. The van der Waals surface area contributed by atoms with Crippen molar-refractivity contribution in [3.8, 4) is 0 Å². The Kier molecular flexibility index (Phi) is 16.5. The molecule has 4 aliphatic heterocycles. The molecule has 0 bridgehead atoms. The zero-order valence-corrected chi connectivity index (χ0v) is 41.1. The molecule has 1 aliphatic carbocycles. The number of benzene rings is 3. The highest BCUT2D eigenvalue weighted by molar-refractivity contribution is 5.98. The molecule has 390 valence electrons. The van der Waals surface area contributed by atoms with E-state index in [1.54, 1.807) is 45.0 Å². The number of aromatic nitrogens is 2. The molecule has 1 aromatic heterocycles. The van der Waals surface area contributed by atoms with Crippen LogP contribution in [0.2, 0.25) is 0 Å². The Labute approximate surface area is 421 Å². The predicted octanol–water partition coefficient (Wildman–Crippen LogP) is 5.90.